The summed E-state index contributed by atoms with van der Waals surface area (Å²) in [4.78, 5) is 11.4. The maximum Gasteiger partial charge on any atom is 0.224 e. The molecule has 0 atom stereocenters. The minimum atomic E-state index is -0.0275. The molecular formula is C12H13ClN2O. The number of carbonyl (C=O) groups excluding carboxylic acids is 1. The molecule has 1 aromatic carbocycles. The number of halogens is 1. The molecule has 3 nitrogen and oxygen atoms in total. The molecule has 0 aliphatic rings. The van der Waals surface area contributed by atoms with Crippen LogP contribution in [-0.2, 0) is 11.2 Å². The van der Waals surface area contributed by atoms with Crippen molar-refractivity contribution < 1.29 is 4.79 Å². The average Bonchev–Trinajstić information content (AvgIpc) is 2.28. The Morgan fingerprint density at radius 1 is 1.38 bits per heavy atom. The summed E-state index contributed by atoms with van der Waals surface area (Å²) in [6, 6.07) is 9.22. The Kier molecular flexibility index (Phi) is 5.38. The normalized spacial score (nSPS) is 9.50. The van der Waals surface area contributed by atoms with Gasteiger partial charge in [0.2, 0.25) is 5.91 Å². The number of rotatable bonds is 5. The molecule has 0 aliphatic heterocycles. The van der Waals surface area contributed by atoms with Gasteiger partial charge in [-0.05, 0) is 24.1 Å². The predicted octanol–water partition coefficient (Wildman–Crippen LogP) is 2.30. The zero-order valence-electron chi connectivity index (χ0n) is 8.87. The number of nitrogens with zero attached hydrogens (tertiary/aromatic N) is 1. The monoisotopic (exact) mass is 236 g/mol. The summed E-state index contributed by atoms with van der Waals surface area (Å²) in [5, 5.41) is 11.7. The summed E-state index contributed by atoms with van der Waals surface area (Å²) in [5.41, 5.74) is 0.933. The molecule has 0 spiro atoms. The van der Waals surface area contributed by atoms with Crippen molar-refractivity contribution in [2.24, 2.45) is 0 Å². The highest BCUT2D eigenvalue weighted by Gasteiger charge is 2.02. The number of nitriles is 1. The van der Waals surface area contributed by atoms with Crippen molar-refractivity contribution in [3.05, 3.63) is 34.9 Å². The van der Waals surface area contributed by atoms with E-state index in [4.69, 9.17) is 16.9 Å². The molecule has 0 saturated heterocycles. The lowest BCUT2D eigenvalue weighted by molar-refractivity contribution is -0.120. The van der Waals surface area contributed by atoms with E-state index in [9.17, 15) is 4.79 Å². The maximum absolute atomic E-state index is 11.4. The predicted molar refractivity (Wildman–Crippen MR) is 63.0 cm³/mol. The third-order valence-electron chi connectivity index (χ3n) is 2.07. The topological polar surface area (TPSA) is 52.9 Å². The van der Waals surface area contributed by atoms with Crippen LogP contribution in [0, 0.1) is 11.3 Å². The first kappa shape index (κ1) is 12.5. The minimum absolute atomic E-state index is 0.0275. The molecule has 0 aromatic heterocycles. The van der Waals surface area contributed by atoms with E-state index in [-0.39, 0.29) is 5.91 Å². The van der Waals surface area contributed by atoms with Crippen molar-refractivity contribution in [2.45, 2.75) is 19.3 Å². The molecule has 0 bridgehead atoms. The summed E-state index contributed by atoms with van der Waals surface area (Å²) in [7, 11) is 0. The van der Waals surface area contributed by atoms with Gasteiger partial charge < -0.3 is 5.32 Å². The largest absolute Gasteiger partial charge is 0.356 e. The van der Waals surface area contributed by atoms with E-state index in [1.54, 1.807) is 12.1 Å². The average molecular weight is 237 g/mol. The van der Waals surface area contributed by atoms with Gasteiger partial charge in [0.25, 0.3) is 0 Å². The third kappa shape index (κ3) is 4.81. The van der Waals surface area contributed by atoms with Crippen molar-refractivity contribution >= 4 is 17.5 Å². The highest BCUT2D eigenvalue weighted by molar-refractivity contribution is 6.30. The van der Waals surface area contributed by atoms with E-state index in [0.29, 0.717) is 30.8 Å². The summed E-state index contributed by atoms with van der Waals surface area (Å²) in [5.74, 6) is -0.0275. The lowest BCUT2D eigenvalue weighted by Gasteiger charge is -2.03. The number of benzene rings is 1. The van der Waals surface area contributed by atoms with Gasteiger partial charge in [0.15, 0.2) is 0 Å². The minimum Gasteiger partial charge on any atom is -0.356 e. The Morgan fingerprint density at radius 3 is 2.69 bits per heavy atom. The maximum atomic E-state index is 11.4. The second-order valence-corrected chi connectivity index (χ2v) is 3.85. The Balaban J connectivity index is 2.29. The molecule has 0 unspecified atom stereocenters. The Hall–Kier alpha value is -1.53. The van der Waals surface area contributed by atoms with Gasteiger partial charge in [-0.1, -0.05) is 23.7 Å². The molecule has 1 N–H and O–H groups in total. The van der Waals surface area contributed by atoms with E-state index in [0.717, 1.165) is 5.56 Å². The fourth-order valence-electron chi connectivity index (χ4n) is 1.25. The molecular weight excluding hydrogens is 224 g/mol. The first-order chi connectivity index (χ1) is 7.72. The van der Waals surface area contributed by atoms with Crippen LogP contribution in [0.4, 0.5) is 0 Å². The number of hydrogen-bond donors (Lipinski definition) is 1. The van der Waals surface area contributed by atoms with Crippen LogP contribution in [0.15, 0.2) is 24.3 Å². The zero-order valence-corrected chi connectivity index (χ0v) is 9.63. The van der Waals surface area contributed by atoms with Crippen molar-refractivity contribution in [3.63, 3.8) is 0 Å². The Labute approximate surface area is 100 Å². The molecule has 0 radical (unpaired) electrons. The third-order valence-corrected chi connectivity index (χ3v) is 2.32. The van der Waals surface area contributed by atoms with E-state index < -0.39 is 0 Å². The van der Waals surface area contributed by atoms with Crippen molar-refractivity contribution in [2.75, 3.05) is 6.54 Å². The van der Waals surface area contributed by atoms with Gasteiger partial charge in [0, 0.05) is 18.0 Å². The van der Waals surface area contributed by atoms with Crippen LogP contribution in [-0.4, -0.2) is 12.5 Å². The van der Waals surface area contributed by atoms with Crippen LogP contribution < -0.4 is 5.32 Å². The first-order valence-corrected chi connectivity index (χ1v) is 5.48. The molecule has 0 fully saturated rings. The molecule has 0 aliphatic carbocycles. The summed E-state index contributed by atoms with van der Waals surface area (Å²) in [6.07, 6.45) is 1.52. The fraction of sp³-hybridized carbons (Fsp3) is 0.333. The van der Waals surface area contributed by atoms with Crippen molar-refractivity contribution in [1.29, 1.82) is 5.26 Å². The summed E-state index contributed by atoms with van der Waals surface area (Å²) in [6.45, 7) is 0.556. The summed E-state index contributed by atoms with van der Waals surface area (Å²) < 4.78 is 0. The van der Waals surface area contributed by atoms with Gasteiger partial charge in [0.05, 0.1) is 12.5 Å². The second kappa shape index (κ2) is 6.86. The molecule has 84 valence electrons. The van der Waals surface area contributed by atoms with Crippen LogP contribution in [0.25, 0.3) is 0 Å². The molecule has 16 heavy (non-hydrogen) atoms. The van der Waals surface area contributed by atoms with Gasteiger partial charge >= 0.3 is 0 Å². The lowest BCUT2D eigenvalue weighted by Crippen LogP contribution is -2.25. The lowest BCUT2D eigenvalue weighted by atomic mass is 10.1. The van der Waals surface area contributed by atoms with Crippen LogP contribution in [0.3, 0.4) is 0 Å². The zero-order chi connectivity index (χ0) is 11.8. The smallest absolute Gasteiger partial charge is 0.224 e. The molecule has 4 heteroatoms. The van der Waals surface area contributed by atoms with Gasteiger partial charge in [-0.15, -0.1) is 0 Å². The van der Waals surface area contributed by atoms with Gasteiger partial charge in [-0.3, -0.25) is 4.79 Å². The van der Waals surface area contributed by atoms with Crippen LogP contribution >= 0.6 is 11.6 Å². The van der Waals surface area contributed by atoms with Crippen LogP contribution in [0.5, 0.6) is 0 Å². The Bertz CT molecular complexity index is 381. The number of nitrogens with one attached hydrogen (secondary N) is 1. The van der Waals surface area contributed by atoms with Crippen molar-refractivity contribution in [3.8, 4) is 6.07 Å². The quantitative estimate of drug-likeness (QED) is 0.798. The van der Waals surface area contributed by atoms with Crippen molar-refractivity contribution in [1.82, 2.24) is 5.32 Å². The fourth-order valence-corrected chi connectivity index (χ4v) is 1.37. The molecule has 1 amide bonds. The van der Waals surface area contributed by atoms with E-state index >= 15 is 0 Å². The Morgan fingerprint density at radius 2 is 2.06 bits per heavy atom. The van der Waals surface area contributed by atoms with E-state index in [1.165, 1.54) is 0 Å². The van der Waals surface area contributed by atoms with E-state index in [2.05, 4.69) is 5.32 Å². The van der Waals surface area contributed by atoms with Gasteiger partial charge in [-0.25, -0.2) is 0 Å². The number of hydrogen-bond acceptors (Lipinski definition) is 2. The standard InChI is InChI=1S/C12H13ClN2O/c13-11-5-3-10(4-6-11)9-12(16)15-8-2-1-7-14/h3-6H,1-2,8-9H2,(H,15,16). The van der Waals surface area contributed by atoms with Crippen LogP contribution in [0.1, 0.15) is 18.4 Å². The number of carbonyl (C=O) groups is 1. The second-order valence-electron chi connectivity index (χ2n) is 3.41. The molecule has 0 saturated carbocycles. The van der Waals surface area contributed by atoms with Gasteiger partial charge in [-0.2, -0.15) is 5.26 Å². The highest BCUT2D eigenvalue weighted by atomic mass is 35.5. The number of amides is 1. The van der Waals surface area contributed by atoms with Gasteiger partial charge in [0.1, 0.15) is 0 Å². The summed E-state index contributed by atoms with van der Waals surface area (Å²) >= 11 is 5.74. The molecule has 0 heterocycles. The molecule has 1 aromatic rings. The molecule has 1 rings (SSSR count). The SMILES string of the molecule is N#CCCCNC(=O)Cc1ccc(Cl)cc1. The first-order valence-electron chi connectivity index (χ1n) is 5.10. The highest BCUT2D eigenvalue weighted by Crippen LogP contribution is 2.09. The van der Waals surface area contributed by atoms with E-state index in [1.807, 2.05) is 18.2 Å². The number of unbranched alkanes of at least 4 members (excludes halogenated alkanes) is 1. The van der Waals surface area contributed by atoms with Crippen LogP contribution in [0.2, 0.25) is 5.02 Å².